The van der Waals surface area contributed by atoms with Crippen LogP contribution >= 0.6 is 0 Å². The van der Waals surface area contributed by atoms with Gasteiger partial charge < -0.3 is 25.5 Å². The highest BCUT2D eigenvalue weighted by Crippen LogP contribution is 2.30. The first kappa shape index (κ1) is 13.8. The lowest BCUT2D eigenvalue weighted by atomic mass is 10.2. The summed E-state index contributed by atoms with van der Waals surface area (Å²) in [6, 6.07) is 0.226. The van der Waals surface area contributed by atoms with Gasteiger partial charge in [0.25, 0.3) is 0 Å². The number of carbonyl (C=O) groups excluding carboxylic acids is 1. The van der Waals surface area contributed by atoms with Crippen molar-refractivity contribution in [3.63, 3.8) is 0 Å². The van der Waals surface area contributed by atoms with Gasteiger partial charge in [0, 0.05) is 13.1 Å². The molecular formula is C12H22N4O3. The third kappa shape index (κ3) is 2.85. The Hall–Kier alpha value is -1.66. The summed E-state index contributed by atoms with van der Waals surface area (Å²) in [5, 5.41) is 11.9. The topological polar surface area (TPSA) is 91.4 Å². The minimum Gasteiger partial charge on any atom is -0.444 e. The number of ether oxygens (including phenoxy) is 1. The number of nitrogens with two attached hydrogens (primary N) is 1. The van der Waals surface area contributed by atoms with Crippen molar-refractivity contribution in [2.75, 3.05) is 13.1 Å². The molecule has 0 spiro atoms. The number of hydrogen-bond acceptors (Lipinski definition) is 4. The summed E-state index contributed by atoms with van der Waals surface area (Å²) in [4.78, 5) is 15.7. The van der Waals surface area contributed by atoms with Crippen LogP contribution in [-0.2, 0) is 4.74 Å². The van der Waals surface area contributed by atoms with Crippen molar-refractivity contribution < 1.29 is 14.7 Å². The lowest BCUT2D eigenvalue weighted by Gasteiger charge is -2.41. The second-order valence-corrected chi connectivity index (χ2v) is 6.14. The van der Waals surface area contributed by atoms with Gasteiger partial charge in [0.1, 0.15) is 5.60 Å². The van der Waals surface area contributed by atoms with Gasteiger partial charge >= 0.3 is 6.09 Å². The maximum Gasteiger partial charge on any atom is 0.410 e. The predicted molar refractivity (Wildman–Crippen MR) is 69.9 cm³/mol. The van der Waals surface area contributed by atoms with E-state index in [0.717, 1.165) is 12.8 Å². The van der Waals surface area contributed by atoms with E-state index in [4.69, 9.17) is 15.7 Å². The van der Waals surface area contributed by atoms with E-state index in [-0.39, 0.29) is 24.1 Å². The van der Waals surface area contributed by atoms with Crippen LogP contribution in [0.2, 0.25) is 0 Å². The number of fused-ring (bicyclic) bond motifs is 2. The lowest BCUT2D eigenvalue weighted by molar-refractivity contribution is 0.0104. The largest absolute Gasteiger partial charge is 0.444 e. The first-order valence-corrected chi connectivity index (χ1v) is 6.55. The molecule has 0 aromatic carbocycles. The Kier molecular flexibility index (Phi) is 3.47. The molecule has 2 bridgehead atoms. The van der Waals surface area contributed by atoms with Gasteiger partial charge in [-0.2, -0.15) is 0 Å². The fourth-order valence-corrected chi connectivity index (χ4v) is 2.80. The lowest BCUT2D eigenvalue weighted by Crippen LogP contribution is -2.59. The number of carbonyl (C=O) groups is 1. The molecule has 2 fully saturated rings. The summed E-state index contributed by atoms with van der Waals surface area (Å²) in [6.45, 7) is 6.67. The third-order valence-electron chi connectivity index (χ3n) is 3.50. The van der Waals surface area contributed by atoms with Gasteiger partial charge in [-0.05, 0) is 33.6 Å². The van der Waals surface area contributed by atoms with Crippen LogP contribution in [0.3, 0.4) is 0 Å². The fourth-order valence-electron chi connectivity index (χ4n) is 2.80. The molecule has 0 radical (unpaired) electrons. The molecule has 0 aromatic heterocycles. The zero-order valence-corrected chi connectivity index (χ0v) is 11.7. The Balaban J connectivity index is 2.02. The van der Waals surface area contributed by atoms with Gasteiger partial charge in [0.15, 0.2) is 0 Å². The van der Waals surface area contributed by atoms with E-state index in [9.17, 15) is 4.79 Å². The van der Waals surface area contributed by atoms with E-state index in [1.807, 2.05) is 25.7 Å². The highest BCUT2D eigenvalue weighted by Gasteiger charge is 2.43. The highest BCUT2D eigenvalue weighted by molar-refractivity contribution is 5.79. The normalized spacial score (nSPS) is 27.6. The van der Waals surface area contributed by atoms with Crippen LogP contribution < -0.4 is 5.73 Å². The first-order chi connectivity index (χ1) is 8.81. The van der Waals surface area contributed by atoms with E-state index in [0.29, 0.717) is 13.1 Å². The van der Waals surface area contributed by atoms with E-state index >= 15 is 0 Å². The summed E-state index contributed by atoms with van der Waals surface area (Å²) in [6.07, 6.45) is 1.60. The van der Waals surface area contributed by atoms with Crippen LogP contribution in [0.5, 0.6) is 0 Å². The predicted octanol–water partition coefficient (Wildman–Crippen LogP) is 0.774. The molecule has 2 heterocycles. The zero-order chi connectivity index (χ0) is 14.2. The van der Waals surface area contributed by atoms with Crippen LogP contribution in [-0.4, -0.2) is 57.8 Å². The Bertz CT molecular complexity index is 377. The summed E-state index contributed by atoms with van der Waals surface area (Å²) in [7, 11) is 0. The molecular weight excluding hydrogens is 248 g/mol. The standard InChI is InChI=1S/C12H22N4O3/c1-12(2,3)19-11(17)15-6-8-4-5-9(7-15)16(8)10(13)14-18/h8-9,18H,4-7H2,1-3H3,(H2,13,14). The molecule has 108 valence electrons. The van der Waals surface area contributed by atoms with Gasteiger partial charge in [0.2, 0.25) is 5.96 Å². The Morgan fingerprint density at radius 2 is 1.84 bits per heavy atom. The molecule has 2 saturated heterocycles. The summed E-state index contributed by atoms with van der Waals surface area (Å²) < 4.78 is 5.38. The minimum atomic E-state index is -0.487. The summed E-state index contributed by atoms with van der Waals surface area (Å²) in [5.41, 5.74) is 5.20. The van der Waals surface area contributed by atoms with Gasteiger partial charge in [-0.1, -0.05) is 5.16 Å². The molecule has 19 heavy (non-hydrogen) atoms. The van der Waals surface area contributed by atoms with Gasteiger partial charge in [-0.25, -0.2) is 4.79 Å². The van der Waals surface area contributed by atoms with Crippen LogP contribution in [0.25, 0.3) is 0 Å². The van der Waals surface area contributed by atoms with Crippen LogP contribution in [0.4, 0.5) is 4.79 Å². The van der Waals surface area contributed by atoms with E-state index in [2.05, 4.69) is 5.16 Å². The highest BCUT2D eigenvalue weighted by atomic mass is 16.6. The number of oxime groups is 1. The number of likely N-dealkylation sites (tertiary alicyclic amines) is 1. The van der Waals surface area contributed by atoms with Crippen molar-refractivity contribution in [3.05, 3.63) is 0 Å². The molecule has 2 aliphatic heterocycles. The third-order valence-corrected chi connectivity index (χ3v) is 3.50. The molecule has 2 aliphatic rings. The number of rotatable bonds is 0. The number of piperazine rings is 1. The van der Waals surface area contributed by atoms with Crippen molar-refractivity contribution in [3.8, 4) is 0 Å². The molecule has 0 aliphatic carbocycles. The fraction of sp³-hybridized carbons (Fsp3) is 0.833. The average molecular weight is 270 g/mol. The maximum atomic E-state index is 12.1. The van der Waals surface area contributed by atoms with Crippen molar-refractivity contribution in [2.45, 2.75) is 51.3 Å². The molecule has 2 atom stereocenters. The average Bonchev–Trinajstić information content (AvgIpc) is 2.56. The Morgan fingerprint density at radius 1 is 1.32 bits per heavy atom. The van der Waals surface area contributed by atoms with Crippen molar-refractivity contribution in [1.82, 2.24) is 9.80 Å². The molecule has 2 rings (SSSR count). The summed E-state index contributed by atoms with van der Waals surface area (Å²) in [5.74, 6) is 0.135. The molecule has 1 amide bonds. The van der Waals surface area contributed by atoms with E-state index < -0.39 is 5.60 Å². The molecule has 7 heteroatoms. The molecule has 2 unspecified atom stereocenters. The quantitative estimate of drug-likeness (QED) is 0.294. The summed E-state index contributed by atoms with van der Waals surface area (Å²) >= 11 is 0. The number of nitrogens with zero attached hydrogens (tertiary/aromatic N) is 3. The van der Waals surface area contributed by atoms with Gasteiger partial charge in [-0.15, -0.1) is 0 Å². The van der Waals surface area contributed by atoms with Crippen LogP contribution in [0.15, 0.2) is 5.16 Å². The van der Waals surface area contributed by atoms with Crippen LogP contribution in [0, 0.1) is 0 Å². The second kappa shape index (κ2) is 4.79. The Labute approximate surface area is 113 Å². The monoisotopic (exact) mass is 270 g/mol. The first-order valence-electron chi connectivity index (χ1n) is 6.55. The number of hydrogen-bond donors (Lipinski definition) is 2. The van der Waals surface area contributed by atoms with Crippen molar-refractivity contribution in [1.29, 1.82) is 0 Å². The zero-order valence-electron chi connectivity index (χ0n) is 11.7. The Morgan fingerprint density at radius 3 is 2.26 bits per heavy atom. The molecule has 0 aromatic rings. The molecule has 7 nitrogen and oxygen atoms in total. The van der Waals surface area contributed by atoms with Gasteiger partial charge in [0.05, 0.1) is 12.1 Å². The van der Waals surface area contributed by atoms with E-state index in [1.165, 1.54) is 0 Å². The second-order valence-electron chi connectivity index (χ2n) is 6.14. The van der Waals surface area contributed by atoms with Crippen molar-refractivity contribution in [2.24, 2.45) is 10.9 Å². The van der Waals surface area contributed by atoms with E-state index in [1.54, 1.807) is 4.90 Å². The SMILES string of the molecule is CC(C)(C)OC(=O)N1CC2CCC(C1)N2/C(N)=N/O. The molecule has 3 N–H and O–H groups in total. The van der Waals surface area contributed by atoms with Gasteiger partial charge in [-0.3, -0.25) is 0 Å². The smallest absolute Gasteiger partial charge is 0.410 e. The minimum absolute atomic E-state index is 0.113. The number of guanidine groups is 1. The van der Waals surface area contributed by atoms with Crippen LogP contribution in [0.1, 0.15) is 33.6 Å². The number of amides is 1. The molecule has 0 saturated carbocycles. The maximum absolute atomic E-state index is 12.1. The van der Waals surface area contributed by atoms with Crippen molar-refractivity contribution >= 4 is 12.1 Å².